The predicted molar refractivity (Wildman–Crippen MR) is 185 cm³/mol. The molecule has 0 saturated carbocycles. The number of hydrogen-bond donors (Lipinski definition) is 5. The molecule has 6 N–H and O–H groups in total. The lowest BCUT2D eigenvalue weighted by Crippen LogP contribution is -2.50. The van der Waals surface area contributed by atoms with Gasteiger partial charge in [-0.15, -0.1) is 0 Å². The second kappa shape index (κ2) is 18.0. The minimum absolute atomic E-state index is 0.0620. The summed E-state index contributed by atoms with van der Waals surface area (Å²) in [4.78, 5) is 40.2. The summed E-state index contributed by atoms with van der Waals surface area (Å²) in [6.45, 7) is 5.18. The van der Waals surface area contributed by atoms with E-state index in [-0.39, 0.29) is 43.7 Å². The summed E-state index contributed by atoms with van der Waals surface area (Å²) in [5.74, 6) is -2.07. The highest BCUT2D eigenvalue weighted by molar-refractivity contribution is 5.81. The number of primary amides is 1. The Kier molecular flexibility index (Phi) is 13.8. The third-order valence-corrected chi connectivity index (χ3v) is 8.79. The van der Waals surface area contributed by atoms with Gasteiger partial charge in [0.1, 0.15) is 17.4 Å². The first kappa shape index (κ1) is 38.4. The highest BCUT2D eigenvalue weighted by atomic mass is 19.1. The molecular weight excluding hydrogens is 646 g/mol. The normalized spacial score (nSPS) is 16.4. The van der Waals surface area contributed by atoms with Gasteiger partial charge in [-0.05, 0) is 76.9 Å². The largest absolute Gasteiger partial charge is 0.497 e. The van der Waals surface area contributed by atoms with Crippen LogP contribution in [0, 0.1) is 11.6 Å². The fourth-order valence-corrected chi connectivity index (χ4v) is 6.61. The van der Waals surface area contributed by atoms with E-state index in [1.54, 1.807) is 30.2 Å². The average molecular weight is 695 g/mol. The Morgan fingerprint density at radius 3 is 2.14 bits per heavy atom. The maximum absolute atomic E-state index is 14.1. The molecule has 0 aliphatic heterocycles. The van der Waals surface area contributed by atoms with Gasteiger partial charge in [0, 0.05) is 32.1 Å². The maximum Gasteiger partial charge on any atom is 0.226 e. The van der Waals surface area contributed by atoms with Gasteiger partial charge in [-0.2, -0.15) is 0 Å². The molecule has 4 atom stereocenters. The van der Waals surface area contributed by atoms with Crippen molar-refractivity contribution in [3.63, 3.8) is 0 Å². The molecule has 3 amide bonds. The lowest BCUT2D eigenvalue weighted by Gasteiger charge is -2.27. The van der Waals surface area contributed by atoms with Gasteiger partial charge in [0.15, 0.2) is 0 Å². The highest BCUT2D eigenvalue weighted by Gasteiger charge is 2.33. The number of carbonyl (C=O) groups excluding carboxylic acids is 3. The topological polar surface area (TPSA) is 154 Å². The van der Waals surface area contributed by atoms with Crippen LogP contribution < -0.4 is 21.1 Å². The minimum Gasteiger partial charge on any atom is -0.497 e. The Hall–Kier alpha value is -4.39. The lowest BCUT2D eigenvalue weighted by molar-refractivity contribution is -0.130. The van der Waals surface area contributed by atoms with E-state index in [1.165, 1.54) is 0 Å². The Bertz CT molecular complexity index is 1630. The Morgan fingerprint density at radius 1 is 0.920 bits per heavy atom. The number of nitrogens with two attached hydrogens (primary N) is 1. The molecule has 3 aromatic carbocycles. The van der Waals surface area contributed by atoms with E-state index in [1.807, 2.05) is 32.0 Å². The Balaban J connectivity index is 1.53. The molecule has 0 bridgehead atoms. The van der Waals surface area contributed by atoms with Crippen molar-refractivity contribution in [2.24, 2.45) is 5.73 Å². The number of ether oxygens (including phenoxy) is 1. The standard InChI is InChI=1S/C38H48F2N4O6/c1-4-8-44(9-5-2)37(49)18-25-11-23(16-35(41)47)10-24(12-25)17-36(48)43-32(15-26-13-28(39)20-29(40)14-26)34(46)22-42-38-31-21-30(50-3)7-6-27(31)19-33(38)45/h6-7,10-14,20-21,32-34,38,42,45-46H,4-5,8-9,15-19,22H2,1-3H3,(H2,41,47)(H,43,48)/t32-,33-,34+,38+/m0/s1. The van der Waals surface area contributed by atoms with Crippen LogP contribution in [0.3, 0.4) is 0 Å². The summed E-state index contributed by atoms with van der Waals surface area (Å²) in [6, 6.07) is 12.2. The van der Waals surface area contributed by atoms with E-state index in [0.717, 1.165) is 42.2 Å². The fraction of sp³-hybridized carbons (Fsp3) is 0.447. The van der Waals surface area contributed by atoms with Crippen LogP contribution in [0.4, 0.5) is 8.78 Å². The van der Waals surface area contributed by atoms with E-state index >= 15 is 0 Å². The van der Waals surface area contributed by atoms with Crippen LogP contribution in [0.5, 0.6) is 5.75 Å². The van der Waals surface area contributed by atoms with Gasteiger partial charge in [-0.1, -0.05) is 38.1 Å². The van der Waals surface area contributed by atoms with Crippen LogP contribution in [0.2, 0.25) is 0 Å². The van der Waals surface area contributed by atoms with E-state index < -0.39 is 47.7 Å². The van der Waals surface area contributed by atoms with Crippen LogP contribution in [-0.4, -0.2) is 77.8 Å². The van der Waals surface area contributed by atoms with Gasteiger partial charge in [-0.3, -0.25) is 14.4 Å². The van der Waals surface area contributed by atoms with Crippen LogP contribution in [0.1, 0.15) is 66.1 Å². The zero-order chi connectivity index (χ0) is 36.4. The SMILES string of the molecule is CCCN(CCC)C(=O)Cc1cc(CC(N)=O)cc(CC(=O)N[C@@H](Cc2cc(F)cc(F)c2)[C@H](O)CN[C@@H]2c3cc(OC)ccc3C[C@@H]2O)c1. The second-order valence-corrected chi connectivity index (χ2v) is 13.0. The van der Waals surface area contributed by atoms with Crippen LogP contribution in [-0.2, 0) is 46.5 Å². The first-order valence-electron chi connectivity index (χ1n) is 17.1. The number of nitrogens with zero attached hydrogens (tertiary/aromatic N) is 1. The molecule has 50 heavy (non-hydrogen) atoms. The molecule has 0 saturated heterocycles. The van der Waals surface area contributed by atoms with E-state index in [0.29, 0.717) is 42.0 Å². The number of methoxy groups -OCH3 is 1. The van der Waals surface area contributed by atoms with E-state index in [9.17, 15) is 33.4 Å². The van der Waals surface area contributed by atoms with Crippen molar-refractivity contribution in [2.75, 3.05) is 26.7 Å². The number of aliphatic hydroxyl groups is 2. The fourth-order valence-electron chi connectivity index (χ4n) is 6.61. The molecule has 3 aromatic rings. The van der Waals surface area contributed by atoms with Crippen LogP contribution >= 0.6 is 0 Å². The molecule has 1 aliphatic rings. The average Bonchev–Trinajstić information content (AvgIpc) is 3.35. The Morgan fingerprint density at radius 2 is 1.54 bits per heavy atom. The third-order valence-electron chi connectivity index (χ3n) is 8.79. The number of amides is 3. The van der Waals surface area contributed by atoms with E-state index in [2.05, 4.69) is 10.6 Å². The number of carbonyl (C=O) groups is 3. The summed E-state index contributed by atoms with van der Waals surface area (Å²) in [5, 5.41) is 28.2. The second-order valence-electron chi connectivity index (χ2n) is 13.0. The van der Waals surface area contributed by atoms with Crippen molar-refractivity contribution < 1.29 is 38.1 Å². The lowest BCUT2D eigenvalue weighted by atomic mass is 9.97. The van der Waals surface area contributed by atoms with E-state index in [4.69, 9.17) is 10.5 Å². The van der Waals surface area contributed by atoms with Crippen LogP contribution in [0.25, 0.3) is 0 Å². The van der Waals surface area contributed by atoms with Gasteiger partial charge in [0.05, 0.1) is 50.7 Å². The van der Waals surface area contributed by atoms with Crippen molar-refractivity contribution in [1.29, 1.82) is 0 Å². The highest BCUT2D eigenvalue weighted by Crippen LogP contribution is 2.34. The van der Waals surface area contributed by atoms with Gasteiger partial charge < -0.3 is 36.2 Å². The smallest absolute Gasteiger partial charge is 0.226 e. The van der Waals surface area contributed by atoms with Crippen molar-refractivity contribution in [1.82, 2.24) is 15.5 Å². The number of nitrogens with one attached hydrogen (secondary N) is 2. The molecule has 10 nitrogen and oxygen atoms in total. The molecule has 12 heteroatoms. The Labute approximate surface area is 292 Å². The molecule has 0 radical (unpaired) electrons. The summed E-state index contributed by atoms with van der Waals surface area (Å²) >= 11 is 0. The summed E-state index contributed by atoms with van der Waals surface area (Å²) < 4.78 is 33.6. The van der Waals surface area contributed by atoms with Gasteiger partial charge in [0.2, 0.25) is 17.7 Å². The van der Waals surface area contributed by atoms with Crippen molar-refractivity contribution in [3.05, 3.63) is 99.6 Å². The molecule has 4 rings (SSSR count). The maximum atomic E-state index is 14.1. The van der Waals surface area contributed by atoms with Gasteiger partial charge in [-0.25, -0.2) is 8.78 Å². The summed E-state index contributed by atoms with van der Waals surface area (Å²) in [6.07, 6.45) is -0.208. The van der Waals surface area contributed by atoms with Crippen molar-refractivity contribution >= 4 is 17.7 Å². The number of fused-ring (bicyclic) bond motifs is 1. The molecule has 0 unspecified atom stereocenters. The molecular formula is C38H48F2N4O6. The molecule has 0 aromatic heterocycles. The molecule has 0 spiro atoms. The molecule has 1 aliphatic carbocycles. The first-order chi connectivity index (χ1) is 23.9. The number of hydrogen-bond acceptors (Lipinski definition) is 7. The van der Waals surface area contributed by atoms with Crippen molar-refractivity contribution in [3.8, 4) is 5.75 Å². The van der Waals surface area contributed by atoms with Gasteiger partial charge in [0.25, 0.3) is 0 Å². The van der Waals surface area contributed by atoms with Crippen LogP contribution in [0.15, 0.2) is 54.6 Å². The summed E-state index contributed by atoms with van der Waals surface area (Å²) in [7, 11) is 1.55. The number of benzene rings is 3. The van der Waals surface area contributed by atoms with Crippen molar-refractivity contribution in [2.45, 2.75) is 83.1 Å². The third kappa shape index (κ3) is 10.8. The monoisotopic (exact) mass is 694 g/mol. The zero-order valence-corrected chi connectivity index (χ0v) is 28.9. The first-order valence-corrected chi connectivity index (χ1v) is 17.1. The number of halogens is 2. The number of rotatable bonds is 18. The summed E-state index contributed by atoms with van der Waals surface area (Å²) in [5.41, 5.74) is 9.20. The van der Waals surface area contributed by atoms with Gasteiger partial charge >= 0.3 is 0 Å². The molecule has 0 fully saturated rings. The minimum atomic E-state index is -1.23. The quantitative estimate of drug-likeness (QED) is 0.137. The number of aliphatic hydroxyl groups excluding tert-OH is 2. The molecule has 0 heterocycles. The zero-order valence-electron chi connectivity index (χ0n) is 28.9. The predicted octanol–water partition coefficient (Wildman–Crippen LogP) is 3.07. The molecule has 270 valence electrons.